The number of hydrogen-bond acceptors (Lipinski definition) is 4. The van der Waals surface area contributed by atoms with E-state index in [0.717, 1.165) is 19.4 Å². The van der Waals surface area contributed by atoms with Crippen LogP contribution >= 0.6 is 0 Å². The second kappa shape index (κ2) is 5.62. The molecule has 2 unspecified atom stereocenters. The summed E-state index contributed by atoms with van der Waals surface area (Å²) in [5, 5.41) is 13.3. The number of aromatic nitrogens is 2. The monoisotopic (exact) mass is 238 g/mol. The Bertz CT molecular complexity index is 352. The van der Waals surface area contributed by atoms with Crippen molar-refractivity contribution in [3.63, 3.8) is 0 Å². The first kappa shape index (κ1) is 12.5. The summed E-state index contributed by atoms with van der Waals surface area (Å²) in [4.78, 5) is 2.42. The van der Waals surface area contributed by atoms with Gasteiger partial charge in [0.1, 0.15) is 0 Å². The van der Waals surface area contributed by atoms with Crippen LogP contribution in [0.3, 0.4) is 0 Å². The minimum Gasteiger partial charge on any atom is -0.396 e. The highest BCUT2D eigenvalue weighted by Gasteiger charge is 2.30. The average molecular weight is 238 g/mol. The summed E-state index contributed by atoms with van der Waals surface area (Å²) in [7, 11) is 1.92. The quantitative estimate of drug-likeness (QED) is 0.772. The average Bonchev–Trinajstić information content (AvgIpc) is 2.91. The number of aryl methyl sites for hydroxylation is 1. The molecule has 1 fully saturated rings. The van der Waals surface area contributed by atoms with E-state index in [-0.39, 0.29) is 12.6 Å². The van der Waals surface area contributed by atoms with Gasteiger partial charge in [0.25, 0.3) is 0 Å². The molecule has 1 aliphatic rings. The molecule has 0 spiro atoms. The van der Waals surface area contributed by atoms with Gasteiger partial charge in [0, 0.05) is 38.0 Å². The highest BCUT2D eigenvalue weighted by atomic mass is 16.3. The van der Waals surface area contributed by atoms with Crippen LogP contribution in [0.5, 0.6) is 0 Å². The number of likely N-dealkylation sites (tertiary alicyclic amines) is 1. The first-order valence-corrected chi connectivity index (χ1v) is 6.31. The lowest BCUT2D eigenvalue weighted by Crippen LogP contribution is -2.37. The van der Waals surface area contributed by atoms with Crippen LogP contribution in [0.4, 0.5) is 0 Å². The summed E-state index contributed by atoms with van der Waals surface area (Å²) in [6, 6.07) is 0.705. The van der Waals surface area contributed by atoms with Gasteiger partial charge in [-0.2, -0.15) is 5.10 Å². The molecule has 96 valence electrons. The highest BCUT2D eigenvalue weighted by Crippen LogP contribution is 2.29. The zero-order chi connectivity index (χ0) is 12.3. The summed E-state index contributed by atoms with van der Waals surface area (Å²) in [5.74, 6) is 0. The summed E-state index contributed by atoms with van der Waals surface area (Å²) >= 11 is 0. The maximum atomic E-state index is 9.10. The molecule has 0 aromatic carbocycles. The van der Waals surface area contributed by atoms with Gasteiger partial charge >= 0.3 is 0 Å². The lowest BCUT2D eigenvalue weighted by molar-refractivity contribution is 0.151. The lowest BCUT2D eigenvalue weighted by Gasteiger charge is -2.31. The Hall–Kier alpha value is -0.910. The van der Waals surface area contributed by atoms with Crippen molar-refractivity contribution in [1.82, 2.24) is 14.7 Å². The van der Waals surface area contributed by atoms with E-state index in [1.165, 1.54) is 12.0 Å². The summed E-state index contributed by atoms with van der Waals surface area (Å²) in [5.41, 5.74) is 7.09. The number of rotatable bonds is 5. The molecule has 2 atom stereocenters. The van der Waals surface area contributed by atoms with Crippen molar-refractivity contribution < 1.29 is 5.11 Å². The van der Waals surface area contributed by atoms with Gasteiger partial charge in [-0.05, 0) is 25.8 Å². The van der Waals surface area contributed by atoms with Gasteiger partial charge in [-0.15, -0.1) is 0 Å². The Morgan fingerprint density at radius 1 is 1.65 bits per heavy atom. The van der Waals surface area contributed by atoms with E-state index in [4.69, 9.17) is 10.8 Å². The van der Waals surface area contributed by atoms with E-state index in [1.807, 2.05) is 24.1 Å². The molecule has 2 heterocycles. The zero-order valence-electron chi connectivity index (χ0n) is 10.4. The Labute approximate surface area is 102 Å². The summed E-state index contributed by atoms with van der Waals surface area (Å²) in [6.45, 7) is 1.93. The van der Waals surface area contributed by atoms with Gasteiger partial charge in [0.05, 0.1) is 12.2 Å². The molecule has 1 aromatic heterocycles. The standard InChI is InChI=1S/C12H22N4O/c1-15-9-10(8-14-15)12(7-13)16-5-2-3-11(16)4-6-17/h8-9,11-12,17H,2-7,13H2,1H3. The molecular formula is C12H22N4O. The smallest absolute Gasteiger partial charge is 0.0538 e. The maximum Gasteiger partial charge on any atom is 0.0538 e. The van der Waals surface area contributed by atoms with Gasteiger partial charge in [-0.25, -0.2) is 0 Å². The van der Waals surface area contributed by atoms with Crippen molar-refractivity contribution in [2.24, 2.45) is 12.8 Å². The van der Waals surface area contributed by atoms with Gasteiger partial charge in [0.2, 0.25) is 0 Å². The Morgan fingerprint density at radius 3 is 3.06 bits per heavy atom. The van der Waals surface area contributed by atoms with Gasteiger partial charge in [-0.1, -0.05) is 0 Å². The molecule has 1 aliphatic heterocycles. The van der Waals surface area contributed by atoms with E-state index in [2.05, 4.69) is 10.00 Å². The number of nitrogens with two attached hydrogens (primary N) is 1. The van der Waals surface area contributed by atoms with Crippen molar-refractivity contribution >= 4 is 0 Å². The second-order valence-corrected chi connectivity index (χ2v) is 4.74. The van der Waals surface area contributed by atoms with Crippen LogP contribution in [0.15, 0.2) is 12.4 Å². The summed E-state index contributed by atoms with van der Waals surface area (Å²) < 4.78 is 1.81. The molecule has 0 amide bonds. The SMILES string of the molecule is Cn1cc(C(CN)N2CCCC2CCO)cn1. The van der Waals surface area contributed by atoms with E-state index < -0.39 is 0 Å². The van der Waals surface area contributed by atoms with E-state index in [1.54, 1.807) is 0 Å². The van der Waals surface area contributed by atoms with Gasteiger partial charge in [-0.3, -0.25) is 9.58 Å². The number of aliphatic hydroxyl groups excluding tert-OH is 1. The Morgan fingerprint density at radius 2 is 2.47 bits per heavy atom. The third kappa shape index (κ3) is 2.68. The third-order valence-electron chi connectivity index (χ3n) is 3.62. The fourth-order valence-corrected chi connectivity index (χ4v) is 2.80. The van der Waals surface area contributed by atoms with Crippen LogP contribution in [-0.4, -0.2) is 45.5 Å². The zero-order valence-corrected chi connectivity index (χ0v) is 10.4. The second-order valence-electron chi connectivity index (χ2n) is 4.74. The van der Waals surface area contributed by atoms with Crippen LogP contribution in [0, 0.1) is 0 Å². The van der Waals surface area contributed by atoms with Crippen molar-refractivity contribution in [3.8, 4) is 0 Å². The van der Waals surface area contributed by atoms with E-state index in [0.29, 0.717) is 12.6 Å². The normalized spacial score (nSPS) is 23.1. The fourth-order valence-electron chi connectivity index (χ4n) is 2.80. The Balaban J connectivity index is 2.12. The van der Waals surface area contributed by atoms with Crippen molar-refractivity contribution in [1.29, 1.82) is 0 Å². The van der Waals surface area contributed by atoms with Gasteiger partial charge in [0.15, 0.2) is 0 Å². The number of aliphatic hydroxyl groups is 1. The van der Waals surface area contributed by atoms with E-state index in [9.17, 15) is 0 Å². The largest absolute Gasteiger partial charge is 0.396 e. The molecule has 0 bridgehead atoms. The minimum atomic E-state index is 0.239. The topological polar surface area (TPSA) is 67.3 Å². The first-order chi connectivity index (χ1) is 8.26. The molecule has 0 saturated carbocycles. The van der Waals surface area contributed by atoms with Crippen LogP contribution in [0.2, 0.25) is 0 Å². The molecule has 0 aliphatic carbocycles. The molecule has 2 rings (SSSR count). The van der Waals surface area contributed by atoms with Crippen LogP contribution in [0.25, 0.3) is 0 Å². The summed E-state index contributed by atoms with van der Waals surface area (Å²) in [6.07, 6.45) is 7.13. The highest BCUT2D eigenvalue weighted by molar-refractivity contribution is 5.12. The predicted molar refractivity (Wildman–Crippen MR) is 66.4 cm³/mol. The van der Waals surface area contributed by atoms with Gasteiger partial charge < -0.3 is 10.8 Å². The number of nitrogens with zero attached hydrogens (tertiary/aromatic N) is 3. The van der Waals surface area contributed by atoms with Crippen molar-refractivity contribution in [3.05, 3.63) is 18.0 Å². The minimum absolute atomic E-state index is 0.239. The van der Waals surface area contributed by atoms with Crippen LogP contribution < -0.4 is 5.73 Å². The molecule has 3 N–H and O–H groups in total. The number of hydrogen-bond donors (Lipinski definition) is 2. The van der Waals surface area contributed by atoms with Crippen molar-refractivity contribution in [2.45, 2.75) is 31.3 Å². The molecule has 1 saturated heterocycles. The van der Waals surface area contributed by atoms with E-state index >= 15 is 0 Å². The lowest BCUT2D eigenvalue weighted by atomic mass is 10.1. The first-order valence-electron chi connectivity index (χ1n) is 6.31. The fraction of sp³-hybridized carbons (Fsp3) is 0.750. The Kier molecular flexibility index (Phi) is 4.15. The molecule has 0 radical (unpaired) electrons. The molecule has 5 heteroatoms. The molecule has 1 aromatic rings. The maximum absolute atomic E-state index is 9.10. The van der Waals surface area contributed by atoms with Crippen molar-refractivity contribution in [2.75, 3.05) is 19.7 Å². The third-order valence-corrected chi connectivity index (χ3v) is 3.62. The molecule has 17 heavy (non-hydrogen) atoms. The molecule has 5 nitrogen and oxygen atoms in total. The predicted octanol–water partition coefficient (Wildman–Crippen LogP) is 0.267. The molecular weight excluding hydrogens is 216 g/mol. The van der Waals surface area contributed by atoms with Crippen LogP contribution in [-0.2, 0) is 7.05 Å². The van der Waals surface area contributed by atoms with Crippen LogP contribution in [0.1, 0.15) is 30.9 Å².